The highest BCUT2D eigenvalue weighted by Crippen LogP contribution is 2.25. The van der Waals surface area contributed by atoms with Gasteiger partial charge >= 0.3 is 0 Å². The molecule has 3 nitrogen and oxygen atoms in total. The lowest BCUT2D eigenvalue weighted by atomic mass is 10.1. The lowest BCUT2D eigenvalue weighted by Gasteiger charge is -2.10. The van der Waals surface area contributed by atoms with Crippen LogP contribution in [0.25, 0.3) is 0 Å². The number of hydrogen-bond acceptors (Lipinski definition) is 3. The van der Waals surface area contributed by atoms with E-state index in [0.29, 0.717) is 21.8 Å². The smallest absolute Gasteiger partial charge is 0.123 e. The highest BCUT2D eigenvalue weighted by Gasteiger charge is 2.05. The van der Waals surface area contributed by atoms with Gasteiger partial charge in [-0.05, 0) is 36.4 Å². The van der Waals surface area contributed by atoms with Crippen molar-refractivity contribution in [3.05, 3.63) is 58.4 Å². The van der Waals surface area contributed by atoms with Crippen LogP contribution in [0.5, 0.6) is 5.75 Å². The van der Waals surface area contributed by atoms with E-state index in [9.17, 15) is 9.50 Å². The van der Waals surface area contributed by atoms with Crippen LogP contribution in [0.4, 0.5) is 10.1 Å². The van der Waals surface area contributed by atoms with Gasteiger partial charge in [0.15, 0.2) is 0 Å². The molecule has 96 valence electrons. The van der Waals surface area contributed by atoms with Gasteiger partial charge in [0.05, 0.1) is 22.3 Å². The number of benzene rings is 2. The zero-order valence-corrected chi connectivity index (χ0v) is 10.6. The topological polar surface area (TPSA) is 56.0 Å². The number of halogens is 2. The molecule has 0 radical (unpaired) electrons. The fourth-order valence-corrected chi connectivity index (χ4v) is 1.80. The number of phenols is 1. The van der Waals surface area contributed by atoms with Gasteiger partial charge in [0, 0.05) is 12.1 Å². The van der Waals surface area contributed by atoms with E-state index in [1.54, 1.807) is 18.2 Å². The molecule has 0 saturated heterocycles. The van der Waals surface area contributed by atoms with Gasteiger partial charge in [-0.2, -0.15) is 5.26 Å². The number of nitrogens with zero attached hydrogens (tertiary/aromatic N) is 1. The molecule has 19 heavy (non-hydrogen) atoms. The largest absolute Gasteiger partial charge is 0.508 e. The van der Waals surface area contributed by atoms with Gasteiger partial charge in [0.1, 0.15) is 11.6 Å². The fourth-order valence-electron chi connectivity index (χ4n) is 1.62. The molecule has 0 fully saturated rings. The Bertz CT molecular complexity index is 652. The minimum absolute atomic E-state index is 0.00135. The first-order valence-electron chi connectivity index (χ1n) is 5.51. The van der Waals surface area contributed by atoms with Crippen LogP contribution in [-0.4, -0.2) is 5.11 Å². The molecule has 0 saturated carbocycles. The summed E-state index contributed by atoms with van der Waals surface area (Å²) in [4.78, 5) is 0. The lowest BCUT2D eigenvalue weighted by Crippen LogP contribution is -2.01. The maximum absolute atomic E-state index is 13.1. The number of phenolic OH excluding ortho intramolecular Hbond substituents is 1. The summed E-state index contributed by atoms with van der Waals surface area (Å²) in [5.41, 5.74) is 1.44. The van der Waals surface area contributed by atoms with Crippen LogP contribution in [0.3, 0.4) is 0 Å². The number of nitrogens with one attached hydrogen (secondary N) is 1. The third kappa shape index (κ3) is 3.15. The van der Waals surface area contributed by atoms with E-state index in [-0.39, 0.29) is 12.3 Å². The van der Waals surface area contributed by atoms with Crippen molar-refractivity contribution in [2.45, 2.75) is 6.54 Å². The predicted molar refractivity (Wildman–Crippen MR) is 71.6 cm³/mol. The molecule has 0 unspecified atom stereocenters. The highest BCUT2D eigenvalue weighted by molar-refractivity contribution is 6.33. The number of rotatable bonds is 3. The van der Waals surface area contributed by atoms with Crippen molar-refractivity contribution in [3.63, 3.8) is 0 Å². The third-order valence-corrected chi connectivity index (χ3v) is 2.94. The van der Waals surface area contributed by atoms with E-state index in [1.807, 2.05) is 6.07 Å². The molecular formula is C14H10ClFN2O. The molecule has 0 atom stereocenters. The number of nitriles is 1. The van der Waals surface area contributed by atoms with Gasteiger partial charge in [-0.3, -0.25) is 0 Å². The Hall–Kier alpha value is -2.25. The Kier molecular flexibility index (Phi) is 3.88. The van der Waals surface area contributed by atoms with Crippen molar-refractivity contribution in [2.75, 3.05) is 5.32 Å². The zero-order valence-electron chi connectivity index (χ0n) is 9.82. The standard InChI is InChI=1S/C14H10ClFN2O/c15-12-3-1-9(7-17)5-13(12)18-8-10-6-11(16)2-4-14(10)19/h1-6,18-19H,8H2. The first-order valence-corrected chi connectivity index (χ1v) is 5.89. The van der Waals surface area contributed by atoms with Crippen molar-refractivity contribution >= 4 is 17.3 Å². The molecule has 0 aliphatic carbocycles. The molecule has 2 N–H and O–H groups in total. The molecule has 0 aliphatic heterocycles. The van der Waals surface area contributed by atoms with E-state index in [0.717, 1.165) is 0 Å². The van der Waals surface area contributed by atoms with Crippen LogP contribution in [0.15, 0.2) is 36.4 Å². The molecule has 2 rings (SSSR count). The quantitative estimate of drug-likeness (QED) is 0.899. The zero-order chi connectivity index (χ0) is 13.8. The van der Waals surface area contributed by atoms with Gasteiger partial charge in [-0.1, -0.05) is 11.6 Å². The van der Waals surface area contributed by atoms with Gasteiger partial charge in [-0.15, -0.1) is 0 Å². The number of aromatic hydroxyl groups is 1. The molecule has 2 aromatic carbocycles. The lowest BCUT2D eigenvalue weighted by molar-refractivity contribution is 0.466. The summed E-state index contributed by atoms with van der Waals surface area (Å²) in [7, 11) is 0. The van der Waals surface area contributed by atoms with Crippen LogP contribution < -0.4 is 5.32 Å². The Morgan fingerprint density at radius 1 is 1.26 bits per heavy atom. The van der Waals surface area contributed by atoms with Crippen molar-refractivity contribution < 1.29 is 9.50 Å². The van der Waals surface area contributed by atoms with E-state index in [4.69, 9.17) is 16.9 Å². The van der Waals surface area contributed by atoms with Crippen LogP contribution in [0, 0.1) is 17.1 Å². The minimum atomic E-state index is -0.425. The Morgan fingerprint density at radius 2 is 2.05 bits per heavy atom. The number of hydrogen-bond donors (Lipinski definition) is 2. The second kappa shape index (κ2) is 5.59. The fraction of sp³-hybridized carbons (Fsp3) is 0.0714. The van der Waals surface area contributed by atoms with Crippen molar-refractivity contribution in [1.29, 1.82) is 5.26 Å². The van der Waals surface area contributed by atoms with Gasteiger partial charge in [-0.25, -0.2) is 4.39 Å². The monoisotopic (exact) mass is 276 g/mol. The SMILES string of the molecule is N#Cc1ccc(Cl)c(NCc2cc(F)ccc2O)c1. The first kappa shape index (κ1) is 13.2. The molecule has 2 aromatic rings. The molecule has 0 aliphatic rings. The second-order valence-corrected chi connectivity index (χ2v) is 4.34. The maximum Gasteiger partial charge on any atom is 0.123 e. The van der Waals surface area contributed by atoms with Crippen LogP contribution in [0.1, 0.15) is 11.1 Å². The molecule has 0 spiro atoms. The summed E-state index contributed by atoms with van der Waals surface area (Å²) in [5.74, 6) is -0.423. The van der Waals surface area contributed by atoms with Crippen LogP contribution >= 0.6 is 11.6 Å². The van der Waals surface area contributed by atoms with E-state index in [1.165, 1.54) is 18.2 Å². The molecule has 0 amide bonds. The van der Waals surface area contributed by atoms with Gasteiger partial charge in [0.2, 0.25) is 0 Å². The van der Waals surface area contributed by atoms with E-state index in [2.05, 4.69) is 5.32 Å². The summed E-state index contributed by atoms with van der Waals surface area (Å²) < 4.78 is 13.1. The van der Waals surface area contributed by atoms with E-state index < -0.39 is 5.82 Å². The van der Waals surface area contributed by atoms with Crippen molar-refractivity contribution in [2.24, 2.45) is 0 Å². The normalized spacial score (nSPS) is 9.95. The van der Waals surface area contributed by atoms with Crippen molar-refractivity contribution in [3.8, 4) is 11.8 Å². The minimum Gasteiger partial charge on any atom is -0.508 e. The summed E-state index contributed by atoms with van der Waals surface area (Å²) in [6.45, 7) is 0.207. The van der Waals surface area contributed by atoms with E-state index >= 15 is 0 Å². The Balaban J connectivity index is 2.19. The first-order chi connectivity index (χ1) is 9.10. The predicted octanol–water partition coefficient (Wildman–Crippen LogP) is 3.67. The van der Waals surface area contributed by atoms with Crippen LogP contribution in [-0.2, 0) is 6.54 Å². The van der Waals surface area contributed by atoms with Gasteiger partial charge in [0.25, 0.3) is 0 Å². The Morgan fingerprint density at radius 3 is 2.79 bits per heavy atom. The molecule has 0 aromatic heterocycles. The average Bonchev–Trinajstić information content (AvgIpc) is 2.41. The highest BCUT2D eigenvalue weighted by atomic mass is 35.5. The summed E-state index contributed by atoms with van der Waals surface area (Å²) in [6.07, 6.45) is 0. The van der Waals surface area contributed by atoms with Gasteiger partial charge < -0.3 is 10.4 Å². The van der Waals surface area contributed by atoms with Crippen molar-refractivity contribution in [1.82, 2.24) is 0 Å². The maximum atomic E-state index is 13.1. The second-order valence-electron chi connectivity index (χ2n) is 3.93. The Labute approximate surface area is 114 Å². The average molecular weight is 277 g/mol. The molecule has 0 bridgehead atoms. The molecule has 0 heterocycles. The third-order valence-electron chi connectivity index (χ3n) is 2.61. The number of anilines is 1. The summed E-state index contributed by atoms with van der Waals surface area (Å²) in [6, 6.07) is 10.5. The molecular weight excluding hydrogens is 267 g/mol. The summed E-state index contributed by atoms with van der Waals surface area (Å²) >= 11 is 5.98. The van der Waals surface area contributed by atoms with Crippen LogP contribution in [0.2, 0.25) is 5.02 Å². The summed E-state index contributed by atoms with van der Waals surface area (Å²) in [5, 5.41) is 21.8. The molecule has 5 heteroatoms.